The molecule has 0 bridgehead atoms. The van der Waals surface area contributed by atoms with Crippen LogP contribution < -0.4 is 0 Å². The topological polar surface area (TPSA) is 49.8 Å². The van der Waals surface area contributed by atoms with Gasteiger partial charge in [0.05, 0.1) is 12.7 Å². The van der Waals surface area contributed by atoms with Crippen LogP contribution in [0.3, 0.4) is 0 Å². The number of carbonyl (C=O) groups is 1. The number of hydrogen-bond acceptors (Lipinski definition) is 4. The number of ether oxygens (including phenoxy) is 1. The van der Waals surface area contributed by atoms with E-state index in [1.165, 1.54) is 0 Å². The molecule has 2 rings (SSSR count). The van der Waals surface area contributed by atoms with Gasteiger partial charge in [0, 0.05) is 19.5 Å². The molecule has 0 aromatic heterocycles. The number of cyclic esters (lactones) is 1. The predicted octanol–water partition coefficient (Wildman–Crippen LogP) is -0.241. The van der Waals surface area contributed by atoms with Gasteiger partial charge in [0.1, 0.15) is 6.04 Å². The van der Waals surface area contributed by atoms with E-state index in [2.05, 4.69) is 4.90 Å². The summed E-state index contributed by atoms with van der Waals surface area (Å²) in [6.45, 7) is 2.20. The van der Waals surface area contributed by atoms with Gasteiger partial charge < -0.3 is 9.84 Å². The summed E-state index contributed by atoms with van der Waals surface area (Å²) >= 11 is 0. The van der Waals surface area contributed by atoms with Crippen LogP contribution in [-0.4, -0.2) is 47.8 Å². The molecule has 0 radical (unpaired) electrons. The molecule has 4 heteroatoms. The van der Waals surface area contributed by atoms with Gasteiger partial charge in [0.15, 0.2) is 0 Å². The van der Waals surface area contributed by atoms with Crippen LogP contribution in [0.4, 0.5) is 0 Å². The highest BCUT2D eigenvalue weighted by Crippen LogP contribution is 2.19. The number of rotatable bonds is 1. The van der Waals surface area contributed by atoms with Gasteiger partial charge in [-0.05, 0) is 12.8 Å². The summed E-state index contributed by atoms with van der Waals surface area (Å²) in [7, 11) is 0. The second-order valence-electron chi connectivity index (χ2n) is 3.74. The minimum absolute atomic E-state index is 0.0347. The first-order valence-electron chi connectivity index (χ1n) is 4.86. The Morgan fingerprint density at radius 2 is 2.00 bits per heavy atom. The van der Waals surface area contributed by atoms with Crippen molar-refractivity contribution in [1.29, 1.82) is 0 Å². The molecule has 0 aliphatic carbocycles. The van der Waals surface area contributed by atoms with Crippen molar-refractivity contribution in [3.05, 3.63) is 0 Å². The van der Waals surface area contributed by atoms with Crippen LogP contribution in [0.15, 0.2) is 0 Å². The second kappa shape index (κ2) is 3.64. The summed E-state index contributed by atoms with van der Waals surface area (Å²) in [5.41, 5.74) is 0. The van der Waals surface area contributed by atoms with Gasteiger partial charge in [-0.25, -0.2) is 0 Å². The standard InChI is InChI=1S/C9H15NO3/c11-7-1-4-10(5-2-7)8-3-6-13-9(8)12/h7-8,11H,1-6H2. The van der Waals surface area contributed by atoms with Crippen LogP contribution in [0.5, 0.6) is 0 Å². The van der Waals surface area contributed by atoms with Crippen molar-refractivity contribution in [2.24, 2.45) is 0 Å². The summed E-state index contributed by atoms with van der Waals surface area (Å²) in [4.78, 5) is 13.4. The third kappa shape index (κ3) is 1.84. The quantitative estimate of drug-likeness (QED) is 0.573. The van der Waals surface area contributed by atoms with Crippen LogP contribution >= 0.6 is 0 Å². The molecule has 0 aromatic carbocycles. The molecule has 0 saturated carbocycles. The second-order valence-corrected chi connectivity index (χ2v) is 3.74. The minimum atomic E-state index is -0.173. The zero-order valence-electron chi connectivity index (χ0n) is 7.61. The first-order valence-corrected chi connectivity index (χ1v) is 4.86. The number of nitrogens with zero attached hydrogens (tertiary/aromatic N) is 1. The zero-order valence-corrected chi connectivity index (χ0v) is 7.61. The molecule has 2 aliphatic heterocycles. The Hall–Kier alpha value is -0.610. The van der Waals surface area contributed by atoms with E-state index in [-0.39, 0.29) is 18.1 Å². The predicted molar refractivity (Wildman–Crippen MR) is 46.2 cm³/mol. The summed E-state index contributed by atoms with van der Waals surface area (Å²) < 4.78 is 4.90. The van der Waals surface area contributed by atoms with Gasteiger partial charge >= 0.3 is 5.97 Å². The van der Waals surface area contributed by atoms with Crippen molar-refractivity contribution in [3.8, 4) is 0 Å². The maximum absolute atomic E-state index is 11.2. The van der Waals surface area contributed by atoms with E-state index in [1.807, 2.05) is 0 Å². The molecule has 2 heterocycles. The first-order chi connectivity index (χ1) is 6.27. The molecular weight excluding hydrogens is 170 g/mol. The Kier molecular flexibility index (Phi) is 2.51. The van der Waals surface area contributed by atoms with Gasteiger partial charge in [-0.2, -0.15) is 0 Å². The van der Waals surface area contributed by atoms with Crippen LogP contribution in [-0.2, 0) is 9.53 Å². The Labute approximate surface area is 77.5 Å². The highest BCUT2D eigenvalue weighted by Gasteiger charge is 2.33. The molecule has 2 aliphatic rings. The highest BCUT2D eigenvalue weighted by molar-refractivity contribution is 5.77. The molecule has 1 atom stereocenters. The van der Waals surface area contributed by atoms with E-state index >= 15 is 0 Å². The smallest absolute Gasteiger partial charge is 0.323 e. The van der Waals surface area contributed by atoms with E-state index in [1.54, 1.807) is 0 Å². The van der Waals surface area contributed by atoms with Crippen molar-refractivity contribution < 1.29 is 14.6 Å². The van der Waals surface area contributed by atoms with Gasteiger partial charge in [-0.3, -0.25) is 9.69 Å². The maximum Gasteiger partial charge on any atom is 0.323 e. The molecule has 13 heavy (non-hydrogen) atoms. The minimum Gasteiger partial charge on any atom is -0.464 e. The number of aliphatic hydroxyl groups excluding tert-OH is 1. The monoisotopic (exact) mass is 185 g/mol. The molecule has 0 aromatic rings. The van der Waals surface area contributed by atoms with Gasteiger partial charge in [0.2, 0.25) is 0 Å². The number of piperidine rings is 1. The average molecular weight is 185 g/mol. The van der Waals surface area contributed by atoms with Crippen molar-refractivity contribution in [3.63, 3.8) is 0 Å². The summed E-state index contributed by atoms with van der Waals surface area (Å²) in [5, 5.41) is 9.29. The number of aliphatic hydroxyl groups is 1. The van der Waals surface area contributed by atoms with E-state index < -0.39 is 0 Å². The fraction of sp³-hybridized carbons (Fsp3) is 0.889. The van der Waals surface area contributed by atoms with E-state index in [0.29, 0.717) is 6.61 Å². The van der Waals surface area contributed by atoms with Crippen LogP contribution in [0, 0.1) is 0 Å². The molecule has 1 N–H and O–H groups in total. The molecule has 2 fully saturated rings. The fourth-order valence-corrected chi connectivity index (χ4v) is 2.01. The summed E-state index contributed by atoms with van der Waals surface area (Å²) in [6.07, 6.45) is 2.20. The molecule has 2 saturated heterocycles. The third-order valence-corrected chi connectivity index (χ3v) is 2.85. The molecule has 0 spiro atoms. The molecular formula is C9H15NO3. The average Bonchev–Trinajstić information content (AvgIpc) is 2.53. The Balaban J connectivity index is 1.90. The normalized spacial score (nSPS) is 32.1. The van der Waals surface area contributed by atoms with Crippen LogP contribution in [0.2, 0.25) is 0 Å². The third-order valence-electron chi connectivity index (χ3n) is 2.85. The largest absolute Gasteiger partial charge is 0.464 e. The molecule has 0 amide bonds. The van der Waals surface area contributed by atoms with Gasteiger partial charge in [-0.15, -0.1) is 0 Å². The number of hydrogen-bond donors (Lipinski definition) is 1. The summed E-state index contributed by atoms with van der Waals surface area (Å²) in [6, 6.07) is -0.0347. The number of likely N-dealkylation sites (tertiary alicyclic amines) is 1. The Morgan fingerprint density at radius 1 is 1.31 bits per heavy atom. The van der Waals surface area contributed by atoms with E-state index in [9.17, 15) is 9.90 Å². The van der Waals surface area contributed by atoms with Crippen molar-refractivity contribution in [2.45, 2.75) is 31.4 Å². The van der Waals surface area contributed by atoms with E-state index in [4.69, 9.17) is 4.74 Å². The molecule has 1 unspecified atom stereocenters. The summed E-state index contributed by atoms with van der Waals surface area (Å²) in [5.74, 6) is -0.0867. The molecule has 4 nitrogen and oxygen atoms in total. The lowest BCUT2D eigenvalue weighted by Gasteiger charge is -2.31. The van der Waals surface area contributed by atoms with Crippen molar-refractivity contribution in [1.82, 2.24) is 4.90 Å². The Bertz CT molecular complexity index is 199. The lowest BCUT2D eigenvalue weighted by atomic mass is 10.1. The highest BCUT2D eigenvalue weighted by atomic mass is 16.5. The molecule has 74 valence electrons. The van der Waals surface area contributed by atoms with E-state index in [0.717, 1.165) is 32.4 Å². The number of carbonyl (C=O) groups excluding carboxylic acids is 1. The number of esters is 1. The lowest BCUT2D eigenvalue weighted by Crippen LogP contribution is -2.44. The van der Waals surface area contributed by atoms with Crippen LogP contribution in [0.1, 0.15) is 19.3 Å². The van der Waals surface area contributed by atoms with Crippen molar-refractivity contribution in [2.75, 3.05) is 19.7 Å². The zero-order chi connectivity index (χ0) is 9.26. The SMILES string of the molecule is O=C1OCCC1N1CCC(O)CC1. The maximum atomic E-state index is 11.2. The van der Waals surface area contributed by atoms with Crippen LogP contribution in [0.25, 0.3) is 0 Å². The van der Waals surface area contributed by atoms with Gasteiger partial charge in [0.25, 0.3) is 0 Å². The van der Waals surface area contributed by atoms with Crippen molar-refractivity contribution >= 4 is 5.97 Å². The lowest BCUT2D eigenvalue weighted by molar-refractivity contribution is -0.143. The fourth-order valence-electron chi connectivity index (χ4n) is 2.01. The first kappa shape index (κ1) is 8.97. The van der Waals surface area contributed by atoms with Gasteiger partial charge in [-0.1, -0.05) is 0 Å². The Morgan fingerprint density at radius 3 is 2.54 bits per heavy atom.